The number of piperazine rings is 1. The van der Waals surface area contributed by atoms with Gasteiger partial charge in [-0.2, -0.15) is 31.4 Å². The SMILES string of the molecule is O=C(CCOCC1CCN1c1cn[nH]c(=O)c1C(F)(F)F)N1CCN2c3ncc(C(F)(F)F)cc3OCC2C1. The number of carbonyl (C=O) groups excluding carboxylic acids is 1. The number of aromatic amines is 1. The topological polar surface area (TPSA) is 104 Å². The summed E-state index contributed by atoms with van der Waals surface area (Å²) in [5.41, 5.74) is -3.82. The van der Waals surface area contributed by atoms with E-state index in [1.54, 1.807) is 4.90 Å². The molecule has 1 N–H and O–H groups in total. The van der Waals surface area contributed by atoms with Gasteiger partial charge in [-0.05, 0) is 12.5 Å². The molecular formula is C23H24F6N6O4. The van der Waals surface area contributed by atoms with Crippen molar-refractivity contribution in [2.45, 2.75) is 37.3 Å². The molecule has 0 bridgehead atoms. The Morgan fingerprint density at radius 3 is 2.59 bits per heavy atom. The van der Waals surface area contributed by atoms with Crippen molar-refractivity contribution < 1.29 is 40.6 Å². The number of amides is 1. The van der Waals surface area contributed by atoms with Crippen LogP contribution >= 0.6 is 0 Å². The molecule has 39 heavy (non-hydrogen) atoms. The van der Waals surface area contributed by atoms with Gasteiger partial charge in [-0.1, -0.05) is 0 Å². The number of nitrogens with zero attached hydrogens (tertiary/aromatic N) is 5. The van der Waals surface area contributed by atoms with Gasteiger partial charge in [0.25, 0.3) is 5.56 Å². The van der Waals surface area contributed by atoms with Crippen molar-refractivity contribution in [3.63, 3.8) is 0 Å². The van der Waals surface area contributed by atoms with Crippen LogP contribution in [0.3, 0.4) is 0 Å². The number of carbonyl (C=O) groups is 1. The second kappa shape index (κ2) is 10.2. The van der Waals surface area contributed by atoms with E-state index in [1.807, 2.05) is 10.00 Å². The minimum Gasteiger partial charge on any atom is -0.487 e. The monoisotopic (exact) mass is 562 g/mol. The molecule has 5 heterocycles. The summed E-state index contributed by atoms with van der Waals surface area (Å²) in [6, 6.07) is 0.264. The molecule has 2 unspecified atom stereocenters. The molecule has 3 aliphatic rings. The maximum atomic E-state index is 13.4. The number of halogens is 6. The number of H-pyrrole nitrogens is 1. The fraction of sp³-hybridized carbons (Fsp3) is 0.565. The van der Waals surface area contributed by atoms with E-state index < -0.39 is 35.1 Å². The van der Waals surface area contributed by atoms with Gasteiger partial charge in [0.15, 0.2) is 11.6 Å². The van der Waals surface area contributed by atoms with Crippen LogP contribution in [0.5, 0.6) is 5.75 Å². The molecule has 2 atom stereocenters. The number of nitrogens with one attached hydrogen (secondary N) is 1. The fourth-order valence-corrected chi connectivity index (χ4v) is 4.95. The molecule has 0 aliphatic carbocycles. The van der Waals surface area contributed by atoms with Gasteiger partial charge in [-0.15, -0.1) is 0 Å². The summed E-state index contributed by atoms with van der Waals surface area (Å²) in [7, 11) is 0. The summed E-state index contributed by atoms with van der Waals surface area (Å²) in [6.07, 6.45) is -7.03. The Bertz CT molecular complexity index is 1280. The number of pyridine rings is 1. The van der Waals surface area contributed by atoms with Crippen LogP contribution in [0, 0.1) is 0 Å². The molecule has 0 spiro atoms. The van der Waals surface area contributed by atoms with Crippen molar-refractivity contribution in [1.29, 1.82) is 0 Å². The number of alkyl halides is 6. The maximum absolute atomic E-state index is 13.4. The molecule has 0 radical (unpaired) electrons. The normalized spacial score (nSPS) is 21.1. The molecule has 0 aromatic carbocycles. The lowest BCUT2D eigenvalue weighted by molar-refractivity contribution is -0.139. The number of fused-ring (bicyclic) bond motifs is 3. The molecule has 10 nitrogen and oxygen atoms in total. The van der Waals surface area contributed by atoms with Gasteiger partial charge in [0.1, 0.15) is 12.2 Å². The average molecular weight is 562 g/mol. The first-order chi connectivity index (χ1) is 18.4. The summed E-state index contributed by atoms with van der Waals surface area (Å²) < 4.78 is 90.1. The Kier molecular flexibility index (Phi) is 7.07. The third-order valence-corrected chi connectivity index (χ3v) is 7.04. The van der Waals surface area contributed by atoms with Crippen molar-refractivity contribution >= 4 is 17.4 Å². The molecule has 2 fully saturated rings. The van der Waals surface area contributed by atoms with Gasteiger partial charge in [-0.3, -0.25) is 9.59 Å². The first-order valence-electron chi connectivity index (χ1n) is 12.2. The third-order valence-electron chi connectivity index (χ3n) is 7.04. The Morgan fingerprint density at radius 2 is 1.90 bits per heavy atom. The number of hydrogen-bond acceptors (Lipinski definition) is 8. The molecule has 2 aromatic rings. The summed E-state index contributed by atoms with van der Waals surface area (Å²) in [4.78, 5) is 33.3. The standard InChI is InChI=1S/C23H24F6N6O4/c24-22(25,26)13-7-17-20(30-8-13)35-5-4-33(10-15(35)12-39-17)18(36)2-6-38-11-14-1-3-34(14)16-9-31-32-21(37)19(16)23(27,28)29/h7-9,14-15H,1-6,10-12H2,(H,32,37). The van der Waals surface area contributed by atoms with Crippen LogP contribution in [0.1, 0.15) is 24.0 Å². The van der Waals surface area contributed by atoms with Gasteiger partial charge in [-0.25, -0.2) is 10.1 Å². The largest absolute Gasteiger partial charge is 0.487 e. The Labute approximate surface area is 217 Å². The Morgan fingerprint density at radius 1 is 1.10 bits per heavy atom. The molecule has 0 saturated carbocycles. The molecule has 5 rings (SSSR count). The Hall–Kier alpha value is -3.56. The van der Waals surface area contributed by atoms with Crippen LogP contribution in [0.15, 0.2) is 23.3 Å². The van der Waals surface area contributed by atoms with Crippen molar-refractivity contribution in [3.8, 4) is 5.75 Å². The summed E-state index contributed by atoms with van der Waals surface area (Å²) in [5, 5.41) is 5.30. The van der Waals surface area contributed by atoms with Crippen LogP contribution in [0.4, 0.5) is 37.8 Å². The van der Waals surface area contributed by atoms with E-state index in [0.29, 0.717) is 38.4 Å². The zero-order chi connectivity index (χ0) is 27.9. The molecule has 2 saturated heterocycles. The number of aromatic nitrogens is 3. The first kappa shape index (κ1) is 27.0. The zero-order valence-corrected chi connectivity index (χ0v) is 20.4. The quantitative estimate of drug-likeness (QED) is 0.423. The minimum absolute atomic E-state index is 0.0461. The van der Waals surface area contributed by atoms with Crippen molar-refractivity contribution in [2.75, 3.05) is 55.8 Å². The number of hydrogen-bond donors (Lipinski definition) is 1. The van der Waals surface area contributed by atoms with E-state index in [-0.39, 0.29) is 49.6 Å². The van der Waals surface area contributed by atoms with E-state index in [4.69, 9.17) is 9.47 Å². The molecule has 3 aliphatic heterocycles. The van der Waals surface area contributed by atoms with E-state index in [2.05, 4.69) is 10.1 Å². The van der Waals surface area contributed by atoms with E-state index in [0.717, 1.165) is 18.5 Å². The van der Waals surface area contributed by atoms with Gasteiger partial charge in [0.2, 0.25) is 5.91 Å². The number of rotatable bonds is 6. The number of anilines is 2. The van der Waals surface area contributed by atoms with Gasteiger partial charge in [0, 0.05) is 32.4 Å². The van der Waals surface area contributed by atoms with E-state index in [1.165, 1.54) is 4.90 Å². The minimum atomic E-state index is -4.84. The maximum Gasteiger partial charge on any atom is 0.423 e. The number of ether oxygens (including phenoxy) is 2. The highest BCUT2D eigenvalue weighted by molar-refractivity contribution is 5.77. The summed E-state index contributed by atoms with van der Waals surface area (Å²) >= 11 is 0. The summed E-state index contributed by atoms with van der Waals surface area (Å²) in [6.45, 7) is 1.54. The van der Waals surface area contributed by atoms with Crippen LogP contribution in [0.25, 0.3) is 0 Å². The van der Waals surface area contributed by atoms with Gasteiger partial charge < -0.3 is 24.2 Å². The third kappa shape index (κ3) is 5.46. The highest BCUT2D eigenvalue weighted by Gasteiger charge is 2.42. The highest BCUT2D eigenvalue weighted by atomic mass is 19.4. The lowest BCUT2D eigenvalue weighted by Gasteiger charge is -2.45. The van der Waals surface area contributed by atoms with Gasteiger partial charge >= 0.3 is 12.4 Å². The van der Waals surface area contributed by atoms with Gasteiger partial charge in [0.05, 0.1) is 49.2 Å². The van der Waals surface area contributed by atoms with Crippen LogP contribution in [-0.2, 0) is 21.9 Å². The molecule has 1 amide bonds. The average Bonchev–Trinajstić information content (AvgIpc) is 2.85. The smallest absolute Gasteiger partial charge is 0.423 e. The zero-order valence-electron chi connectivity index (χ0n) is 20.4. The molecule has 2 aromatic heterocycles. The predicted molar refractivity (Wildman–Crippen MR) is 123 cm³/mol. The second-order valence-electron chi connectivity index (χ2n) is 9.46. The first-order valence-corrected chi connectivity index (χ1v) is 12.2. The van der Waals surface area contributed by atoms with Crippen LogP contribution in [0.2, 0.25) is 0 Å². The van der Waals surface area contributed by atoms with E-state index >= 15 is 0 Å². The highest BCUT2D eigenvalue weighted by Crippen LogP contribution is 2.39. The van der Waals surface area contributed by atoms with Crippen molar-refractivity contribution in [2.24, 2.45) is 0 Å². The van der Waals surface area contributed by atoms with E-state index in [9.17, 15) is 35.9 Å². The Balaban J connectivity index is 1.10. The predicted octanol–water partition coefficient (Wildman–Crippen LogP) is 2.30. The van der Waals surface area contributed by atoms with Crippen LogP contribution in [-0.4, -0.2) is 84.1 Å². The van der Waals surface area contributed by atoms with Crippen LogP contribution < -0.4 is 20.1 Å². The lowest BCUT2D eigenvalue weighted by Crippen LogP contribution is -2.58. The molecule has 16 heteroatoms. The molecular weight excluding hydrogens is 538 g/mol. The molecule has 212 valence electrons. The van der Waals surface area contributed by atoms with Crippen molar-refractivity contribution in [1.82, 2.24) is 20.1 Å². The lowest BCUT2D eigenvalue weighted by atomic mass is 10.0. The van der Waals surface area contributed by atoms with Crippen molar-refractivity contribution in [3.05, 3.63) is 39.9 Å². The fourth-order valence-electron chi connectivity index (χ4n) is 4.95. The summed E-state index contributed by atoms with van der Waals surface area (Å²) in [5.74, 6) is 0.172. The second-order valence-corrected chi connectivity index (χ2v) is 9.46.